The smallest absolute Gasteiger partial charge is 0.265 e. The van der Waals surface area contributed by atoms with Gasteiger partial charge in [0.15, 0.2) is 0 Å². The first-order valence-electron chi connectivity index (χ1n) is 7.05. The fraction of sp³-hybridized carbons (Fsp3) is 0.500. The van der Waals surface area contributed by atoms with E-state index in [-0.39, 0.29) is 17.2 Å². The molecule has 0 radical (unpaired) electrons. The average molecular weight is 360 g/mol. The van der Waals surface area contributed by atoms with Gasteiger partial charge < -0.3 is 4.74 Å². The molecule has 0 spiro atoms. The van der Waals surface area contributed by atoms with Crippen LogP contribution in [0.25, 0.3) is 0 Å². The maximum absolute atomic E-state index is 13.0. The van der Waals surface area contributed by atoms with Crippen LogP contribution in [0.2, 0.25) is 0 Å². The lowest BCUT2D eigenvalue weighted by Gasteiger charge is -2.36. The number of rotatable bonds is 4. The summed E-state index contributed by atoms with van der Waals surface area (Å²) in [5, 5.41) is 9.02. The Morgan fingerprint density at radius 1 is 1.39 bits per heavy atom. The minimum atomic E-state index is -3.88. The minimum absolute atomic E-state index is 0.0853. The summed E-state index contributed by atoms with van der Waals surface area (Å²) in [4.78, 5) is 12.2. The number of methoxy groups -OCH3 is 1. The molecule has 1 aliphatic heterocycles. The molecule has 1 amide bonds. The molecule has 1 saturated heterocycles. The molecule has 7 nitrogen and oxygen atoms in total. The van der Waals surface area contributed by atoms with Crippen molar-refractivity contribution < 1.29 is 23.2 Å². The lowest BCUT2D eigenvalue weighted by Crippen LogP contribution is -2.59. The average Bonchev–Trinajstić information content (AvgIpc) is 2.77. The number of nitrogens with one attached hydrogen (secondary N) is 1. The Balaban J connectivity index is 2.46. The van der Waals surface area contributed by atoms with Crippen LogP contribution in [0, 0.1) is 0 Å². The zero-order chi connectivity index (χ0) is 17.1. The summed E-state index contributed by atoms with van der Waals surface area (Å²) in [6.45, 7) is 1.74. The minimum Gasteiger partial charge on any atom is -0.497 e. The van der Waals surface area contributed by atoms with Crippen molar-refractivity contribution in [2.24, 2.45) is 0 Å². The number of hydroxylamine groups is 1. The predicted molar refractivity (Wildman–Crippen MR) is 87.2 cm³/mol. The maximum Gasteiger partial charge on any atom is 0.265 e. The number of ether oxygens (including phenoxy) is 1. The summed E-state index contributed by atoms with van der Waals surface area (Å²) in [6, 6.07) is 6.01. The van der Waals surface area contributed by atoms with Gasteiger partial charge in [0.25, 0.3) is 5.91 Å². The van der Waals surface area contributed by atoms with Gasteiger partial charge in [-0.15, -0.1) is 0 Å². The van der Waals surface area contributed by atoms with Gasteiger partial charge in [-0.25, -0.2) is 13.9 Å². The number of carbonyl (C=O) groups is 1. The number of sulfonamides is 1. The third-order valence-electron chi connectivity index (χ3n) is 3.82. The normalized spacial score (nSPS) is 23.1. The van der Waals surface area contributed by atoms with Gasteiger partial charge in [-0.05, 0) is 43.4 Å². The van der Waals surface area contributed by atoms with Crippen molar-refractivity contribution in [3.63, 3.8) is 0 Å². The molecule has 1 atom stereocenters. The van der Waals surface area contributed by atoms with E-state index in [0.717, 1.165) is 5.75 Å². The molecule has 0 saturated carbocycles. The molecule has 1 heterocycles. The summed E-state index contributed by atoms with van der Waals surface area (Å²) < 4.78 is 32.2. The molecule has 0 aliphatic carbocycles. The van der Waals surface area contributed by atoms with Crippen LogP contribution < -0.4 is 10.2 Å². The largest absolute Gasteiger partial charge is 0.497 e. The van der Waals surface area contributed by atoms with E-state index in [1.54, 1.807) is 17.6 Å². The van der Waals surface area contributed by atoms with Gasteiger partial charge >= 0.3 is 0 Å². The van der Waals surface area contributed by atoms with Gasteiger partial charge in [-0.2, -0.15) is 16.1 Å². The summed E-state index contributed by atoms with van der Waals surface area (Å²) in [7, 11) is -2.38. The van der Waals surface area contributed by atoms with Gasteiger partial charge in [0.2, 0.25) is 10.0 Å². The second kappa shape index (κ2) is 7.08. The lowest BCUT2D eigenvalue weighted by atomic mass is 10.0. The fourth-order valence-electron chi connectivity index (χ4n) is 2.46. The zero-order valence-corrected chi connectivity index (χ0v) is 14.6. The molecule has 9 heteroatoms. The molecule has 1 aliphatic rings. The maximum atomic E-state index is 13.0. The molecule has 128 valence electrons. The number of benzene rings is 1. The summed E-state index contributed by atoms with van der Waals surface area (Å²) in [5.74, 6) is 0.841. The summed E-state index contributed by atoms with van der Waals surface area (Å²) >= 11 is 1.49. The van der Waals surface area contributed by atoms with E-state index in [1.807, 2.05) is 0 Å². The Kier molecular flexibility index (Phi) is 5.56. The van der Waals surface area contributed by atoms with Crippen molar-refractivity contribution in [1.29, 1.82) is 0 Å². The van der Waals surface area contributed by atoms with Crippen LogP contribution >= 0.6 is 11.8 Å². The highest BCUT2D eigenvalue weighted by atomic mass is 32.2. The number of hydrogen-bond acceptors (Lipinski definition) is 6. The predicted octanol–water partition coefficient (Wildman–Crippen LogP) is 1.09. The molecule has 2 N–H and O–H groups in total. The fourth-order valence-corrected chi connectivity index (χ4v) is 5.49. The van der Waals surface area contributed by atoms with Crippen LogP contribution in [-0.4, -0.2) is 54.5 Å². The molecule has 1 aromatic carbocycles. The Bertz CT molecular complexity index is 662. The number of thioether (sulfide) groups is 1. The zero-order valence-electron chi connectivity index (χ0n) is 13.0. The summed E-state index contributed by atoms with van der Waals surface area (Å²) in [5.41, 5.74) is 0.244. The Morgan fingerprint density at radius 2 is 2.04 bits per heavy atom. The molecule has 0 aromatic heterocycles. The van der Waals surface area contributed by atoms with E-state index in [9.17, 15) is 13.2 Å². The van der Waals surface area contributed by atoms with E-state index in [4.69, 9.17) is 9.94 Å². The molecule has 1 aromatic rings. The van der Waals surface area contributed by atoms with Gasteiger partial charge in [-0.3, -0.25) is 10.0 Å². The molecule has 1 fully saturated rings. The lowest BCUT2D eigenvalue weighted by molar-refractivity contribution is -0.137. The van der Waals surface area contributed by atoms with Gasteiger partial charge in [-0.1, -0.05) is 0 Å². The van der Waals surface area contributed by atoms with E-state index >= 15 is 0 Å². The second-order valence-electron chi connectivity index (χ2n) is 5.37. The van der Waals surface area contributed by atoms with Crippen LogP contribution in [-0.2, 0) is 14.8 Å². The van der Waals surface area contributed by atoms with Crippen molar-refractivity contribution in [2.75, 3.05) is 25.2 Å². The Morgan fingerprint density at radius 3 is 2.61 bits per heavy atom. The van der Waals surface area contributed by atoms with Crippen molar-refractivity contribution >= 4 is 27.7 Å². The molecular formula is C14H20N2O5S2. The first-order chi connectivity index (χ1) is 10.9. The van der Waals surface area contributed by atoms with Crippen molar-refractivity contribution in [3.05, 3.63) is 24.3 Å². The molecule has 0 bridgehead atoms. The van der Waals surface area contributed by atoms with E-state index in [0.29, 0.717) is 12.2 Å². The van der Waals surface area contributed by atoms with Gasteiger partial charge in [0.05, 0.1) is 12.0 Å². The SMILES string of the molecule is COc1ccc(S(=O)(=O)N2CCCSC[C@]2(C)C(=O)NO)cc1. The first-order valence-corrected chi connectivity index (χ1v) is 9.65. The van der Waals surface area contributed by atoms with Crippen molar-refractivity contribution in [3.8, 4) is 5.75 Å². The molecule has 23 heavy (non-hydrogen) atoms. The van der Waals surface area contributed by atoms with Crippen LogP contribution in [0.1, 0.15) is 13.3 Å². The highest BCUT2D eigenvalue weighted by Crippen LogP contribution is 2.32. The number of nitrogens with zero attached hydrogens (tertiary/aromatic N) is 1. The third kappa shape index (κ3) is 3.47. The van der Waals surface area contributed by atoms with E-state index in [2.05, 4.69) is 0 Å². The highest BCUT2D eigenvalue weighted by Gasteiger charge is 2.47. The second-order valence-corrected chi connectivity index (χ2v) is 8.34. The Labute approximate surface area is 140 Å². The van der Waals surface area contributed by atoms with Crippen molar-refractivity contribution in [2.45, 2.75) is 23.8 Å². The van der Waals surface area contributed by atoms with E-state index in [1.165, 1.54) is 42.2 Å². The number of carbonyl (C=O) groups excluding carboxylic acids is 1. The van der Waals surface area contributed by atoms with Gasteiger partial charge in [0.1, 0.15) is 11.3 Å². The standard InChI is InChI=1S/C14H20N2O5S2/c1-14(13(17)15-18)10-22-9-3-8-16(14)23(19,20)12-6-4-11(21-2)5-7-12/h4-7,18H,3,8-10H2,1-2H3,(H,15,17)/t14-/m1/s1. The first kappa shape index (κ1) is 18.1. The topological polar surface area (TPSA) is 95.9 Å². The quantitative estimate of drug-likeness (QED) is 0.616. The summed E-state index contributed by atoms with van der Waals surface area (Å²) in [6.07, 6.45) is 0.633. The number of hydrogen-bond donors (Lipinski definition) is 2. The van der Waals surface area contributed by atoms with E-state index < -0.39 is 21.5 Å². The molecular weight excluding hydrogens is 340 g/mol. The third-order valence-corrected chi connectivity index (χ3v) is 7.20. The Hall–Kier alpha value is -1.29. The van der Waals surface area contributed by atoms with Gasteiger partial charge in [0, 0.05) is 12.3 Å². The van der Waals surface area contributed by atoms with Crippen LogP contribution in [0.4, 0.5) is 0 Å². The highest BCUT2D eigenvalue weighted by molar-refractivity contribution is 7.99. The van der Waals surface area contributed by atoms with Crippen molar-refractivity contribution in [1.82, 2.24) is 9.79 Å². The molecule has 0 unspecified atom stereocenters. The van der Waals surface area contributed by atoms with Crippen LogP contribution in [0.5, 0.6) is 5.75 Å². The number of amides is 1. The van der Waals surface area contributed by atoms with Crippen LogP contribution in [0.15, 0.2) is 29.2 Å². The monoisotopic (exact) mass is 360 g/mol. The molecule has 2 rings (SSSR count). The van der Waals surface area contributed by atoms with Crippen LogP contribution in [0.3, 0.4) is 0 Å².